The maximum absolute atomic E-state index is 10.9. The number of imidazole rings is 1. The first-order valence-electron chi connectivity index (χ1n) is 3.73. The van der Waals surface area contributed by atoms with Crippen molar-refractivity contribution in [2.45, 2.75) is 12.5 Å². The van der Waals surface area contributed by atoms with Crippen molar-refractivity contribution in [2.75, 3.05) is 6.61 Å². The van der Waals surface area contributed by atoms with E-state index in [9.17, 15) is 4.79 Å². The summed E-state index contributed by atoms with van der Waals surface area (Å²) < 4.78 is 6.90. The zero-order valence-corrected chi connectivity index (χ0v) is 6.43. The van der Waals surface area contributed by atoms with Crippen molar-refractivity contribution < 1.29 is 9.53 Å². The summed E-state index contributed by atoms with van der Waals surface area (Å²) in [4.78, 5) is 14.8. The summed E-state index contributed by atoms with van der Waals surface area (Å²) >= 11 is 0. The number of primary amides is 1. The summed E-state index contributed by atoms with van der Waals surface area (Å²) in [7, 11) is 0. The molecule has 1 amide bonds. The highest BCUT2D eigenvalue weighted by atomic mass is 16.5. The van der Waals surface area contributed by atoms with Crippen LogP contribution in [0.15, 0.2) is 12.5 Å². The third kappa shape index (κ3) is 0.939. The molecule has 0 saturated carbocycles. The maximum atomic E-state index is 10.9. The topological polar surface area (TPSA) is 70.1 Å². The normalized spacial score (nSPS) is 21.2. The van der Waals surface area contributed by atoms with Crippen LogP contribution in [-0.4, -0.2) is 22.1 Å². The van der Waals surface area contributed by atoms with E-state index in [-0.39, 0.29) is 11.9 Å². The number of hydrogen-bond donors (Lipinski definition) is 1. The van der Waals surface area contributed by atoms with Crippen molar-refractivity contribution in [2.24, 2.45) is 5.73 Å². The molecule has 1 unspecified atom stereocenters. The van der Waals surface area contributed by atoms with E-state index in [0.717, 1.165) is 0 Å². The first kappa shape index (κ1) is 7.15. The Morgan fingerprint density at radius 1 is 1.83 bits per heavy atom. The molecular formula is C7H9N3O2. The van der Waals surface area contributed by atoms with Gasteiger partial charge in [-0.2, -0.15) is 0 Å². The summed E-state index contributed by atoms with van der Waals surface area (Å²) in [6, 6.07) is -0.295. The van der Waals surface area contributed by atoms with Gasteiger partial charge in [0.05, 0.1) is 19.1 Å². The van der Waals surface area contributed by atoms with Crippen molar-refractivity contribution in [3.05, 3.63) is 12.5 Å². The molecule has 0 spiro atoms. The van der Waals surface area contributed by atoms with E-state index in [1.54, 1.807) is 17.1 Å². The number of nitrogens with zero attached hydrogens (tertiary/aromatic N) is 2. The lowest BCUT2D eigenvalue weighted by atomic mass is 10.2. The molecule has 1 aliphatic heterocycles. The van der Waals surface area contributed by atoms with Gasteiger partial charge in [0.2, 0.25) is 11.8 Å². The predicted molar refractivity (Wildman–Crippen MR) is 40.6 cm³/mol. The fourth-order valence-electron chi connectivity index (χ4n) is 1.33. The molecule has 1 aromatic rings. The van der Waals surface area contributed by atoms with Gasteiger partial charge in [-0.15, -0.1) is 0 Å². The van der Waals surface area contributed by atoms with E-state index in [2.05, 4.69) is 4.98 Å². The maximum Gasteiger partial charge on any atom is 0.240 e. The van der Waals surface area contributed by atoms with Gasteiger partial charge in [0.15, 0.2) is 0 Å². The minimum absolute atomic E-state index is 0.295. The summed E-state index contributed by atoms with van der Waals surface area (Å²) in [5.74, 6) is 0.280. The number of amides is 1. The SMILES string of the molecule is NC(=O)C1CCOc2cncn21. The summed E-state index contributed by atoms with van der Waals surface area (Å²) in [6.07, 6.45) is 3.76. The lowest BCUT2D eigenvalue weighted by molar-refractivity contribution is -0.122. The molecule has 0 aliphatic carbocycles. The van der Waals surface area contributed by atoms with Gasteiger partial charge in [-0.1, -0.05) is 0 Å². The van der Waals surface area contributed by atoms with Crippen LogP contribution < -0.4 is 10.5 Å². The number of carbonyl (C=O) groups excluding carboxylic acids is 1. The predicted octanol–water partition coefficient (Wildman–Crippen LogP) is -0.308. The molecule has 0 fully saturated rings. The van der Waals surface area contributed by atoms with Gasteiger partial charge in [0.1, 0.15) is 6.04 Å². The molecule has 1 aliphatic rings. The first-order valence-corrected chi connectivity index (χ1v) is 3.73. The molecule has 0 aromatic carbocycles. The van der Waals surface area contributed by atoms with Gasteiger partial charge in [-0.25, -0.2) is 4.98 Å². The second kappa shape index (κ2) is 2.51. The molecule has 2 N–H and O–H groups in total. The van der Waals surface area contributed by atoms with Gasteiger partial charge in [0, 0.05) is 6.42 Å². The summed E-state index contributed by atoms with van der Waals surface area (Å²) in [5, 5.41) is 0. The smallest absolute Gasteiger partial charge is 0.240 e. The number of fused-ring (bicyclic) bond motifs is 1. The second-order valence-electron chi connectivity index (χ2n) is 2.69. The Labute approximate surface area is 69.1 Å². The molecule has 2 rings (SSSR count). The van der Waals surface area contributed by atoms with E-state index in [1.807, 2.05) is 0 Å². The van der Waals surface area contributed by atoms with Crippen LogP contribution in [0.5, 0.6) is 5.88 Å². The second-order valence-corrected chi connectivity index (χ2v) is 2.69. The first-order chi connectivity index (χ1) is 5.79. The molecule has 5 heteroatoms. The van der Waals surface area contributed by atoms with Crippen LogP contribution in [0.25, 0.3) is 0 Å². The van der Waals surface area contributed by atoms with Gasteiger partial charge >= 0.3 is 0 Å². The molecule has 2 heterocycles. The Morgan fingerprint density at radius 3 is 3.42 bits per heavy atom. The zero-order chi connectivity index (χ0) is 8.55. The Morgan fingerprint density at radius 2 is 2.67 bits per heavy atom. The van der Waals surface area contributed by atoms with Crippen molar-refractivity contribution in [1.82, 2.24) is 9.55 Å². The number of rotatable bonds is 1. The largest absolute Gasteiger partial charge is 0.478 e. The van der Waals surface area contributed by atoms with Crippen molar-refractivity contribution in [3.8, 4) is 5.88 Å². The minimum Gasteiger partial charge on any atom is -0.478 e. The van der Waals surface area contributed by atoms with Gasteiger partial charge in [0.25, 0.3) is 0 Å². The quantitative estimate of drug-likeness (QED) is 0.623. The molecule has 0 saturated heterocycles. The monoisotopic (exact) mass is 167 g/mol. The van der Waals surface area contributed by atoms with Crippen LogP contribution in [0.1, 0.15) is 12.5 Å². The molecule has 0 bridgehead atoms. The van der Waals surface area contributed by atoms with Crippen LogP contribution in [0.3, 0.4) is 0 Å². The molecule has 12 heavy (non-hydrogen) atoms. The van der Waals surface area contributed by atoms with Crippen molar-refractivity contribution in [3.63, 3.8) is 0 Å². The summed E-state index contributed by atoms with van der Waals surface area (Å²) in [5.41, 5.74) is 5.20. The average Bonchev–Trinajstić information content (AvgIpc) is 2.49. The number of aromatic nitrogens is 2. The van der Waals surface area contributed by atoms with Gasteiger partial charge < -0.3 is 10.5 Å². The summed E-state index contributed by atoms with van der Waals surface area (Å²) in [6.45, 7) is 0.527. The molecule has 1 atom stereocenters. The number of carbonyl (C=O) groups is 1. The molecule has 64 valence electrons. The van der Waals surface area contributed by atoms with Gasteiger partial charge in [-0.05, 0) is 0 Å². The van der Waals surface area contributed by atoms with Crippen LogP contribution >= 0.6 is 0 Å². The molecular weight excluding hydrogens is 158 g/mol. The van der Waals surface area contributed by atoms with Crippen LogP contribution in [0, 0.1) is 0 Å². The standard InChI is InChI=1S/C7H9N3O2/c8-7(11)5-1-2-12-6-3-9-4-10(5)6/h3-5H,1-2H2,(H2,8,11). The third-order valence-electron chi connectivity index (χ3n) is 1.94. The van der Waals surface area contributed by atoms with E-state index >= 15 is 0 Å². The van der Waals surface area contributed by atoms with Gasteiger partial charge in [-0.3, -0.25) is 9.36 Å². The van der Waals surface area contributed by atoms with Crippen LogP contribution in [0.2, 0.25) is 0 Å². The minimum atomic E-state index is -0.336. The van der Waals surface area contributed by atoms with E-state index in [0.29, 0.717) is 18.9 Å². The number of hydrogen-bond acceptors (Lipinski definition) is 3. The molecule has 5 nitrogen and oxygen atoms in total. The van der Waals surface area contributed by atoms with E-state index in [4.69, 9.17) is 10.5 Å². The number of nitrogens with two attached hydrogens (primary N) is 1. The van der Waals surface area contributed by atoms with E-state index < -0.39 is 0 Å². The highest BCUT2D eigenvalue weighted by Crippen LogP contribution is 2.24. The highest BCUT2D eigenvalue weighted by Gasteiger charge is 2.24. The number of ether oxygens (including phenoxy) is 1. The fourth-order valence-corrected chi connectivity index (χ4v) is 1.33. The Bertz CT molecular complexity index is 307. The van der Waals surface area contributed by atoms with Crippen molar-refractivity contribution >= 4 is 5.91 Å². The lowest BCUT2D eigenvalue weighted by Crippen LogP contribution is -2.31. The Kier molecular flexibility index (Phi) is 1.49. The zero-order valence-electron chi connectivity index (χ0n) is 6.43. The van der Waals surface area contributed by atoms with Crippen LogP contribution in [0.4, 0.5) is 0 Å². The Hall–Kier alpha value is -1.52. The third-order valence-corrected chi connectivity index (χ3v) is 1.94. The highest BCUT2D eigenvalue weighted by molar-refractivity contribution is 5.78. The fraction of sp³-hybridized carbons (Fsp3) is 0.429. The van der Waals surface area contributed by atoms with E-state index in [1.165, 1.54) is 0 Å². The lowest BCUT2D eigenvalue weighted by Gasteiger charge is -2.22. The Balaban J connectivity index is 2.37. The molecule has 1 aromatic heterocycles. The van der Waals surface area contributed by atoms with Crippen molar-refractivity contribution in [1.29, 1.82) is 0 Å². The van der Waals surface area contributed by atoms with Crippen LogP contribution in [-0.2, 0) is 4.79 Å². The average molecular weight is 167 g/mol. The molecule has 0 radical (unpaired) electrons.